The Hall–Kier alpha value is -0.610. The minimum atomic E-state index is -0.567. The molecule has 0 amide bonds. The van der Waals surface area contributed by atoms with Gasteiger partial charge in [-0.05, 0) is 53.5 Å². The maximum Gasteiger partial charge on any atom is 0.326 e. The summed E-state index contributed by atoms with van der Waals surface area (Å²) >= 11 is 0. The number of likely N-dealkylation sites (N-methyl/N-ethyl adjacent to an activating group) is 1. The molecule has 0 saturated heterocycles. The first-order valence-electron chi connectivity index (χ1n) is 7.43. The predicted molar refractivity (Wildman–Crippen MR) is 76.1 cm³/mol. The molecular weight excluding hydrogens is 242 g/mol. The molecule has 0 aliphatic heterocycles. The van der Waals surface area contributed by atoms with E-state index in [0.717, 1.165) is 25.7 Å². The highest BCUT2D eigenvalue weighted by Crippen LogP contribution is 2.33. The second-order valence-electron chi connectivity index (χ2n) is 6.00. The average Bonchev–Trinajstić information content (AvgIpc) is 2.38. The monoisotopic (exact) mass is 271 g/mol. The molecular formula is C15H29NO3. The Morgan fingerprint density at radius 1 is 1.42 bits per heavy atom. The van der Waals surface area contributed by atoms with Crippen LogP contribution in [0.5, 0.6) is 0 Å². The summed E-state index contributed by atoms with van der Waals surface area (Å²) in [4.78, 5) is 12.2. The van der Waals surface area contributed by atoms with Crippen LogP contribution in [0.4, 0.5) is 0 Å². The molecule has 4 heteroatoms. The first-order chi connectivity index (χ1) is 8.89. The fourth-order valence-corrected chi connectivity index (χ4v) is 2.64. The van der Waals surface area contributed by atoms with Crippen molar-refractivity contribution in [2.45, 2.75) is 77.0 Å². The topological polar surface area (TPSA) is 47.6 Å². The van der Waals surface area contributed by atoms with E-state index in [9.17, 15) is 4.79 Å². The zero-order chi connectivity index (χ0) is 14.5. The van der Waals surface area contributed by atoms with Gasteiger partial charge in [0.05, 0.1) is 18.3 Å². The van der Waals surface area contributed by atoms with E-state index in [1.165, 1.54) is 0 Å². The second-order valence-corrected chi connectivity index (χ2v) is 6.00. The molecule has 0 aromatic rings. The van der Waals surface area contributed by atoms with Gasteiger partial charge in [0.15, 0.2) is 0 Å². The van der Waals surface area contributed by atoms with Gasteiger partial charge in [-0.25, -0.2) is 0 Å². The Bertz CT molecular complexity index is 304. The molecule has 1 fully saturated rings. The van der Waals surface area contributed by atoms with Crippen LogP contribution >= 0.6 is 0 Å². The van der Waals surface area contributed by atoms with E-state index in [2.05, 4.69) is 26.1 Å². The molecule has 4 nitrogen and oxygen atoms in total. The van der Waals surface area contributed by atoms with Crippen molar-refractivity contribution in [3.05, 3.63) is 0 Å². The van der Waals surface area contributed by atoms with Gasteiger partial charge in [-0.1, -0.05) is 6.92 Å². The van der Waals surface area contributed by atoms with Crippen LogP contribution in [0, 0.1) is 0 Å². The van der Waals surface area contributed by atoms with Gasteiger partial charge in [0, 0.05) is 6.42 Å². The van der Waals surface area contributed by atoms with Gasteiger partial charge in [-0.2, -0.15) is 0 Å². The number of ether oxygens (including phenoxy) is 2. The zero-order valence-corrected chi connectivity index (χ0v) is 13.0. The van der Waals surface area contributed by atoms with Crippen LogP contribution in [0.2, 0.25) is 0 Å². The van der Waals surface area contributed by atoms with Crippen LogP contribution in [0.1, 0.15) is 59.8 Å². The molecule has 0 heterocycles. The maximum absolute atomic E-state index is 12.2. The zero-order valence-electron chi connectivity index (χ0n) is 13.0. The SMILES string of the molecule is CCOC(=O)C1(NC)CCCC(OC(C)(C)CC)C1. The van der Waals surface area contributed by atoms with Crippen LogP contribution in [-0.2, 0) is 14.3 Å². The van der Waals surface area contributed by atoms with Crippen LogP contribution in [0.3, 0.4) is 0 Å². The lowest BCUT2D eigenvalue weighted by Crippen LogP contribution is -2.56. The summed E-state index contributed by atoms with van der Waals surface area (Å²) in [6.07, 6.45) is 4.63. The summed E-state index contributed by atoms with van der Waals surface area (Å²) in [5.41, 5.74) is -0.696. The van der Waals surface area contributed by atoms with Crippen LogP contribution < -0.4 is 5.32 Å². The Labute approximate surface area is 117 Å². The first-order valence-corrected chi connectivity index (χ1v) is 7.43. The van der Waals surface area contributed by atoms with Crippen LogP contribution in [0.25, 0.3) is 0 Å². The number of hydrogen-bond acceptors (Lipinski definition) is 4. The quantitative estimate of drug-likeness (QED) is 0.755. The fourth-order valence-electron chi connectivity index (χ4n) is 2.64. The number of carbonyl (C=O) groups excluding carboxylic acids is 1. The number of rotatable bonds is 6. The molecule has 0 aromatic carbocycles. The molecule has 0 aromatic heterocycles. The molecule has 112 valence electrons. The van der Waals surface area contributed by atoms with Crippen molar-refractivity contribution in [1.29, 1.82) is 0 Å². The third-order valence-corrected chi connectivity index (χ3v) is 4.19. The first kappa shape index (κ1) is 16.4. The molecule has 1 aliphatic carbocycles. The van der Waals surface area contributed by atoms with Gasteiger partial charge in [-0.3, -0.25) is 4.79 Å². The van der Waals surface area contributed by atoms with Gasteiger partial charge < -0.3 is 14.8 Å². The standard InChI is InChI=1S/C15H29NO3/c1-6-14(3,4)19-12-9-8-10-15(11-12,16-5)13(17)18-7-2/h12,16H,6-11H2,1-5H3. The van der Waals surface area contributed by atoms with Crippen LogP contribution in [-0.4, -0.2) is 36.9 Å². The average molecular weight is 271 g/mol. The number of nitrogens with one attached hydrogen (secondary N) is 1. The fraction of sp³-hybridized carbons (Fsp3) is 0.933. The van der Waals surface area contributed by atoms with Crippen molar-refractivity contribution in [2.75, 3.05) is 13.7 Å². The molecule has 0 bridgehead atoms. The van der Waals surface area contributed by atoms with Crippen molar-refractivity contribution >= 4 is 5.97 Å². The molecule has 1 N–H and O–H groups in total. The summed E-state index contributed by atoms with van der Waals surface area (Å²) in [5.74, 6) is -0.139. The summed E-state index contributed by atoms with van der Waals surface area (Å²) in [6, 6.07) is 0. The van der Waals surface area contributed by atoms with Gasteiger partial charge in [0.25, 0.3) is 0 Å². The summed E-state index contributed by atoms with van der Waals surface area (Å²) in [7, 11) is 1.84. The second kappa shape index (κ2) is 6.71. The van der Waals surface area contributed by atoms with Gasteiger partial charge >= 0.3 is 5.97 Å². The number of esters is 1. The molecule has 2 atom stereocenters. The summed E-state index contributed by atoms with van der Waals surface area (Å²) < 4.78 is 11.4. The van der Waals surface area contributed by atoms with Crippen molar-refractivity contribution in [1.82, 2.24) is 5.32 Å². The van der Waals surface area contributed by atoms with Crippen molar-refractivity contribution < 1.29 is 14.3 Å². The van der Waals surface area contributed by atoms with Crippen molar-refractivity contribution in [3.63, 3.8) is 0 Å². The highest BCUT2D eigenvalue weighted by molar-refractivity contribution is 5.81. The van der Waals surface area contributed by atoms with Crippen LogP contribution in [0.15, 0.2) is 0 Å². The molecule has 0 radical (unpaired) electrons. The molecule has 2 unspecified atom stereocenters. The third-order valence-electron chi connectivity index (χ3n) is 4.19. The largest absolute Gasteiger partial charge is 0.465 e. The van der Waals surface area contributed by atoms with E-state index in [0.29, 0.717) is 13.0 Å². The smallest absolute Gasteiger partial charge is 0.326 e. The van der Waals surface area contributed by atoms with Gasteiger partial charge in [-0.15, -0.1) is 0 Å². The Balaban J connectivity index is 2.73. The Morgan fingerprint density at radius 2 is 2.11 bits per heavy atom. The Kier molecular flexibility index (Phi) is 5.81. The molecule has 1 saturated carbocycles. The Morgan fingerprint density at radius 3 is 2.63 bits per heavy atom. The van der Waals surface area contributed by atoms with Crippen molar-refractivity contribution in [2.24, 2.45) is 0 Å². The molecule has 1 aliphatic rings. The van der Waals surface area contributed by atoms with Crippen molar-refractivity contribution in [3.8, 4) is 0 Å². The number of carbonyl (C=O) groups is 1. The van der Waals surface area contributed by atoms with E-state index in [1.807, 2.05) is 14.0 Å². The predicted octanol–water partition coefficient (Wildman–Crippen LogP) is 2.66. The molecule has 0 spiro atoms. The normalized spacial score (nSPS) is 28.2. The lowest BCUT2D eigenvalue weighted by molar-refractivity contribution is -0.159. The van der Waals surface area contributed by atoms with E-state index >= 15 is 0 Å². The lowest BCUT2D eigenvalue weighted by Gasteiger charge is -2.41. The van der Waals surface area contributed by atoms with E-state index in [-0.39, 0.29) is 17.7 Å². The number of hydrogen-bond donors (Lipinski definition) is 1. The summed E-state index contributed by atoms with van der Waals surface area (Å²) in [6.45, 7) is 8.60. The minimum absolute atomic E-state index is 0.126. The third kappa shape index (κ3) is 4.18. The van der Waals surface area contributed by atoms with E-state index in [4.69, 9.17) is 9.47 Å². The van der Waals surface area contributed by atoms with Gasteiger partial charge in [0.2, 0.25) is 0 Å². The lowest BCUT2D eigenvalue weighted by atomic mass is 9.80. The van der Waals surface area contributed by atoms with E-state index in [1.54, 1.807) is 0 Å². The maximum atomic E-state index is 12.2. The molecule has 1 rings (SSSR count). The minimum Gasteiger partial charge on any atom is -0.465 e. The highest BCUT2D eigenvalue weighted by Gasteiger charge is 2.44. The summed E-state index contributed by atoms with van der Waals surface area (Å²) in [5, 5.41) is 3.18. The van der Waals surface area contributed by atoms with E-state index < -0.39 is 5.54 Å². The highest BCUT2D eigenvalue weighted by atomic mass is 16.5. The molecule has 19 heavy (non-hydrogen) atoms. The van der Waals surface area contributed by atoms with Gasteiger partial charge in [0.1, 0.15) is 5.54 Å².